The summed E-state index contributed by atoms with van der Waals surface area (Å²) in [5.41, 5.74) is 1.20. The number of rotatable bonds is 6. The van der Waals surface area contributed by atoms with Crippen LogP contribution in [0, 0.1) is 6.92 Å². The number of hydrogen-bond acceptors (Lipinski definition) is 4. The van der Waals surface area contributed by atoms with Crippen molar-refractivity contribution in [1.29, 1.82) is 0 Å². The van der Waals surface area contributed by atoms with Crippen molar-refractivity contribution >= 4 is 33.2 Å². The van der Waals surface area contributed by atoms with E-state index in [-0.39, 0.29) is 16.5 Å². The third-order valence-corrected chi connectivity index (χ3v) is 7.50. The van der Waals surface area contributed by atoms with E-state index < -0.39 is 15.4 Å². The molecule has 1 heterocycles. The van der Waals surface area contributed by atoms with E-state index in [0.717, 1.165) is 11.3 Å². The molecule has 2 aromatic rings. The largest absolute Gasteiger partial charge is 0.496 e. The van der Waals surface area contributed by atoms with Crippen molar-refractivity contribution in [3.63, 3.8) is 0 Å². The lowest BCUT2D eigenvalue weighted by Crippen LogP contribution is -2.44. The van der Waals surface area contributed by atoms with Crippen molar-refractivity contribution in [2.45, 2.75) is 30.1 Å². The summed E-state index contributed by atoms with van der Waals surface area (Å²) in [5.74, 6) is 0.740. The van der Waals surface area contributed by atoms with E-state index in [9.17, 15) is 8.42 Å². The number of sulfonamides is 1. The Morgan fingerprint density at radius 1 is 1.14 bits per heavy atom. The molecule has 0 aromatic heterocycles. The van der Waals surface area contributed by atoms with Crippen LogP contribution in [0.4, 0.5) is 0 Å². The maximum atomic E-state index is 13.0. The fraction of sp³-hybridized carbons (Fsp3) is 0.400. The summed E-state index contributed by atoms with van der Waals surface area (Å²) >= 11 is 12.2. The first-order chi connectivity index (χ1) is 13.3. The summed E-state index contributed by atoms with van der Waals surface area (Å²) in [6.45, 7) is 3.07. The molecule has 3 rings (SSSR count). The molecule has 1 fully saturated rings. The molecule has 152 valence electrons. The Morgan fingerprint density at radius 2 is 1.82 bits per heavy atom. The molecule has 0 atom stereocenters. The Labute approximate surface area is 176 Å². The van der Waals surface area contributed by atoms with E-state index in [1.54, 1.807) is 14.0 Å². The molecule has 0 bridgehead atoms. The van der Waals surface area contributed by atoms with Gasteiger partial charge in [0.1, 0.15) is 10.6 Å². The Kier molecular flexibility index (Phi) is 6.57. The monoisotopic (exact) mass is 443 g/mol. The zero-order chi connectivity index (χ0) is 20.4. The molecule has 0 unspecified atom stereocenters. The minimum Gasteiger partial charge on any atom is -0.496 e. The number of ether oxygens (including phenoxy) is 2. The van der Waals surface area contributed by atoms with Crippen LogP contribution in [-0.4, -0.2) is 35.3 Å². The average molecular weight is 444 g/mol. The van der Waals surface area contributed by atoms with Gasteiger partial charge in [-0.15, -0.1) is 0 Å². The Bertz CT molecular complexity index is 957. The van der Waals surface area contributed by atoms with Gasteiger partial charge in [0.25, 0.3) is 0 Å². The molecule has 1 aliphatic rings. The van der Waals surface area contributed by atoms with Crippen LogP contribution in [0.25, 0.3) is 0 Å². The van der Waals surface area contributed by atoms with Crippen molar-refractivity contribution < 1.29 is 17.9 Å². The second kappa shape index (κ2) is 8.59. The third kappa shape index (κ3) is 4.31. The Morgan fingerprint density at radius 3 is 2.50 bits per heavy atom. The molecule has 0 saturated carbocycles. The van der Waals surface area contributed by atoms with Gasteiger partial charge in [0, 0.05) is 35.8 Å². The van der Waals surface area contributed by atoms with Gasteiger partial charge in [0.2, 0.25) is 10.0 Å². The number of methoxy groups -OCH3 is 1. The maximum Gasteiger partial charge on any atom is 0.242 e. The molecule has 1 aliphatic heterocycles. The lowest BCUT2D eigenvalue weighted by molar-refractivity contribution is 0.0509. The molecule has 0 spiro atoms. The van der Waals surface area contributed by atoms with E-state index in [2.05, 4.69) is 4.72 Å². The molecule has 2 aromatic carbocycles. The molecule has 1 saturated heterocycles. The van der Waals surface area contributed by atoms with Gasteiger partial charge in [-0.1, -0.05) is 41.4 Å². The lowest BCUT2D eigenvalue weighted by Gasteiger charge is -2.38. The van der Waals surface area contributed by atoms with Crippen molar-refractivity contribution in [3.05, 3.63) is 57.6 Å². The topological polar surface area (TPSA) is 64.6 Å². The van der Waals surface area contributed by atoms with Crippen molar-refractivity contribution in [2.24, 2.45) is 0 Å². The van der Waals surface area contributed by atoms with Crippen molar-refractivity contribution in [2.75, 3.05) is 26.9 Å². The third-order valence-electron chi connectivity index (χ3n) is 5.23. The highest BCUT2D eigenvalue weighted by atomic mass is 35.5. The van der Waals surface area contributed by atoms with Crippen LogP contribution >= 0.6 is 23.2 Å². The normalized spacial score (nSPS) is 16.7. The Hall–Kier alpha value is -1.31. The van der Waals surface area contributed by atoms with Crippen LogP contribution in [0.15, 0.2) is 41.3 Å². The van der Waals surface area contributed by atoms with E-state index >= 15 is 0 Å². The van der Waals surface area contributed by atoms with E-state index in [1.807, 2.05) is 24.3 Å². The van der Waals surface area contributed by atoms with Gasteiger partial charge < -0.3 is 9.47 Å². The minimum absolute atomic E-state index is 0.0262. The molecule has 28 heavy (non-hydrogen) atoms. The lowest BCUT2D eigenvalue weighted by atomic mass is 9.74. The molecule has 1 N–H and O–H groups in total. The summed E-state index contributed by atoms with van der Waals surface area (Å²) in [6, 6.07) is 10.7. The molecule has 0 aliphatic carbocycles. The van der Waals surface area contributed by atoms with Crippen LogP contribution in [0.2, 0.25) is 10.0 Å². The highest BCUT2D eigenvalue weighted by molar-refractivity contribution is 7.89. The van der Waals surface area contributed by atoms with Crippen LogP contribution in [0.1, 0.15) is 24.0 Å². The summed E-state index contributed by atoms with van der Waals surface area (Å²) < 4.78 is 39.8. The fourth-order valence-corrected chi connectivity index (χ4v) is 5.49. The second-order valence-corrected chi connectivity index (χ2v) is 9.50. The number of aryl methyl sites for hydroxylation is 1. The van der Waals surface area contributed by atoms with Gasteiger partial charge in [-0.3, -0.25) is 0 Å². The summed E-state index contributed by atoms with van der Waals surface area (Å²) in [6.07, 6.45) is 1.37. The van der Waals surface area contributed by atoms with Crippen LogP contribution in [0.3, 0.4) is 0 Å². The van der Waals surface area contributed by atoms with Gasteiger partial charge in [-0.05, 0) is 43.5 Å². The first kappa shape index (κ1) is 21.4. The van der Waals surface area contributed by atoms with Crippen LogP contribution < -0.4 is 9.46 Å². The average Bonchev–Trinajstić information content (AvgIpc) is 2.70. The fourth-order valence-electron chi connectivity index (χ4n) is 3.53. The number of nitrogens with one attached hydrogen (secondary N) is 1. The SMILES string of the molecule is COc1ccccc1C1(CNS(=O)(=O)c2cc(C)c(Cl)cc2Cl)CCOCC1. The molecule has 8 heteroatoms. The highest BCUT2D eigenvalue weighted by Gasteiger charge is 2.38. The summed E-state index contributed by atoms with van der Waals surface area (Å²) in [7, 11) is -2.20. The van der Waals surface area contributed by atoms with Crippen molar-refractivity contribution in [1.82, 2.24) is 4.72 Å². The summed E-state index contributed by atoms with van der Waals surface area (Å²) in [5, 5.41) is 0.528. The van der Waals surface area contributed by atoms with Crippen LogP contribution in [0.5, 0.6) is 5.75 Å². The number of hydrogen-bond donors (Lipinski definition) is 1. The van der Waals surface area contributed by atoms with Crippen molar-refractivity contribution in [3.8, 4) is 5.75 Å². The van der Waals surface area contributed by atoms with Gasteiger partial charge in [0.05, 0.1) is 12.1 Å². The van der Waals surface area contributed by atoms with E-state index in [0.29, 0.717) is 36.6 Å². The minimum atomic E-state index is -3.82. The molecule has 5 nitrogen and oxygen atoms in total. The summed E-state index contributed by atoms with van der Waals surface area (Å²) in [4.78, 5) is 0.0262. The van der Waals surface area contributed by atoms with Gasteiger partial charge in [-0.25, -0.2) is 13.1 Å². The van der Waals surface area contributed by atoms with Gasteiger partial charge >= 0.3 is 0 Å². The zero-order valence-electron chi connectivity index (χ0n) is 15.8. The predicted molar refractivity (Wildman–Crippen MR) is 111 cm³/mol. The molecule has 0 radical (unpaired) electrons. The zero-order valence-corrected chi connectivity index (χ0v) is 18.1. The first-order valence-corrected chi connectivity index (χ1v) is 11.2. The quantitative estimate of drug-likeness (QED) is 0.720. The number of halogens is 2. The second-order valence-electron chi connectivity index (χ2n) is 6.95. The molecular weight excluding hydrogens is 421 g/mol. The Balaban J connectivity index is 1.94. The predicted octanol–water partition coefficient (Wildman–Crippen LogP) is 4.34. The standard InChI is InChI=1S/C20H23Cl2NO4S/c1-14-11-19(17(22)12-16(14)21)28(24,25)23-13-20(7-9-27-10-8-20)15-5-3-4-6-18(15)26-2/h3-6,11-12,23H,7-10,13H2,1-2H3. The number of benzene rings is 2. The van der Waals surface area contributed by atoms with Gasteiger partial charge in [0.15, 0.2) is 0 Å². The first-order valence-electron chi connectivity index (χ1n) is 8.96. The van der Waals surface area contributed by atoms with Crippen LogP contribution in [-0.2, 0) is 20.2 Å². The molecular formula is C20H23Cl2NO4S. The molecule has 0 amide bonds. The van der Waals surface area contributed by atoms with E-state index in [1.165, 1.54) is 12.1 Å². The highest BCUT2D eigenvalue weighted by Crippen LogP contribution is 2.40. The maximum absolute atomic E-state index is 13.0. The van der Waals surface area contributed by atoms with Gasteiger partial charge in [-0.2, -0.15) is 0 Å². The number of para-hydroxylation sites is 1. The van der Waals surface area contributed by atoms with E-state index in [4.69, 9.17) is 32.7 Å². The smallest absolute Gasteiger partial charge is 0.242 e.